The van der Waals surface area contributed by atoms with Crippen molar-refractivity contribution in [3.05, 3.63) is 118 Å². The first kappa shape index (κ1) is 34.2. The fourth-order valence-electron chi connectivity index (χ4n) is 7.93. The molecule has 1 saturated heterocycles. The summed E-state index contributed by atoms with van der Waals surface area (Å²) < 4.78 is 8.20. The molecule has 3 heterocycles. The second kappa shape index (κ2) is 15.8. The van der Waals surface area contributed by atoms with E-state index in [2.05, 4.69) is 44.8 Å². The Bertz CT molecular complexity index is 1770. The molecule has 0 bridgehead atoms. The quantitative estimate of drug-likeness (QED) is 0.188. The molecular weight excluding hydrogens is 648 g/mol. The van der Waals surface area contributed by atoms with E-state index >= 15 is 0 Å². The van der Waals surface area contributed by atoms with Crippen LogP contribution in [0.5, 0.6) is 0 Å². The van der Waals surface area contributed by atoms with Crippen LogP contribution in [0.3, 0.4) is 0 Å². The van der Waals surface area contributed by atoms with E-state index in [1.165, 1.54) is 17.5 Å². The molecule has 0 spiro atoms. The Labute approximate surface area is 300 Å². The minimum Gasteiger partial charge on any atom is -0.446 e. The van der Waals surface area contributed by atoms with Crippen molar-refractivity contribution in [2.45, 2.75) is 89.6 Å². The molecule has 9 nitrogen and oxygen atoms in total. The predicted molar refractivity (Wildman–Crippen MR) is 194 cm³/mol. The van der Waals surface area contributed by atoms with Crippen molar-refractivity contribution >= 4 is 23.6 Å². The molecule has 0 unspecified atom stereocenters. The van der Waals surface area contributed by atoms with Crippen LogP contribution >= 0.6 is 11.6 Å². The molecule has 7 rings (SSSR count). The number of nitrogens with zero attached hydrogens (tertiary/aromatic N) is 6. The Hall–Kier alpha value is -4.21. The van der Waals surface area contributed by atoms with Crippen LogP contribution in [-0.4, -0.2) is 79.6 Å². The number of pyridine rings is 1. The second-order valence-corrected chi connectivity index (χ2v) is 14.4. The minimum atomic E-state index is -0.717. The number of ether oxygens (including phenoxy) is 1. The lowest BCUT2D eigenvalue weighted by Crippen LogP contribution is -2.62. The molecule has 1 aliphatic heterocycles. The first-order chi connectivity index (χ1) is 24.4. The van der Waals surface area contributed by atoms with Crippen molar-refractivity contribution in [2.75, 3.05) is 26.2 Å². The summed E-state index contributed by atoms with van der Waals surface area (Å²) in [6, 6.07) is 19.5. The van der Waals surface area contributed by atoms with E-state index < -0.39 is 6.04 Å². The van der Waals surface area contributed by atoms with E-state index in [4.69, 9.17) is 21.3 Å². The highest BCUT2D eigenvalue weighted by Gasteiger charge is 2.42. The van der Waals surface area contributed by atoms with Crippen LogP contribution in [0.4, 0.5) is 4.79 Å². The van der Waals surface area contributed by atoms with Gasteiger partial charge in [0.2, 0.25) is 5.91 Å². The number of rotatable bonds is 9. The van der Waals surface area contributed by atoms with E-state index in [0.717, 1.165) is 74.0 Å². The topological polar surface area (TPSA) is 83.8 Å². The maximum absolute atomic E-state index is 15.0. The summed E-state index contributed by atoms with van der Waals surface area (Å²) in [6.07, 6.45) is 12.8. The molecular formula is C40H47ClN6O3. The number of carbonyl (C=O) groups excluding carboxylic acids is 2. The zero-order chi connectivity index (χ0) is 34.5. The first-order valence-corrected chi connectivity index (χ1v) is 18.6. The van der Waals surface area contributed by atoms with Gasteiger partial charge in [0.1, 0.15) is 12.1 Å². The lowest BCUT2D eigenvalue weighted by atomic mass is 9.95. The number of benzene rings is 2. The molecule has 3 aliphatic rings. The van der Waals surface area contributed by atoms with Crippen LogP contribution in [0, 0.1) is 6.92 Å². The monoisotopic (exact) mass is 694 g/mol. The third-order valence-corrected chi connectivity index (χ3v) is 10.7. The Morgan fingerprint density at radius 3 is 2.58 bits per heavy atom. The number of piperazine rings is 1. The molecule has 0 radical (unpaired) electrons. The van der Waals surface area contributed by atoms with E-state index in [0.29, 0.717) is 37.7 Å². The van der Waals surface area contributed by atoms with Crippen molar-refractivity contribution in [3.8, 4) is 0 Å². The number of hydrogen-bond acceptors (Lipinski definition) is 6. The van der Waals surface area contributed by atoms with Crippen LogP contribution in [0.1, 0.15) is 78.2 Å². The number of aryl methyl sites for hydroxylation is 4. The number of aromatic nitrogens is 3. The summed E-state index contributed by atoms with van der Waals surface area (Å²) in [7, 11) is 0. The van der Waals surface area contributed by atoms with Crippen molar-refractivity contribution in [1.82, 2.24) is 29.2 Å². The average Bonchev–Trinajstić information content (AvgIpc) is 3.48. The van der Waals surface area contributed by atoms with E-state index in [1.807, 2.05) is 60.9 Å². The van der Waals surface area contributed by atoms with Gasteiger partial charge in [0, 0.05) is 56.7 Å². The van der Waals surface area contributed by atoms with Gasteiger partial charge in [-0.15, -0.1) is 0 Å². The van der Waals surface area contributed by atoms with Crippen LogP contribution in [-0.2, 0) is 35.5 Å². The highest BCUT2D eigenvalue weighted by Crippen LogP contribution is 2.38. The van der Waals surface area contributed by atoms with Crippen LogP contribution in [0.25, 0.3) is 0 Å². The molecule has 2 aliphatic carbocycles. The van der Waals surface area contributed by atoms with Gasteiger partial charge in [0.15, 0.2) is 0 Å². The Morgan fingerprint density at radius 1 is 0.960 bits per heavy atom. The third kappa shape index (κ3) is 7.89. The molecule has 0 N–H and O–H groups in total. The van der Waals surface area contributed by atoms with Crippen molar-refractivity contribution in [2.24, 2.45) is 0 Å². The molecule has 1 saturated carbocycles. The highest BCUT2D eigenvalue weighted by molar-refractivity contribution is 6.30. The summed E-state index contributed by atoms with van der Waals surface area (Å²) in [5.74, 6) is -0.0628. The lowest BCUT2D eigenvalue weighted by Gasteiger charge is -2.45. The molecule has 2 aromatic heterocycles. The highest BCUT2D eigenvalue weighted by atomic mass is 35.5. The predicted octanol–water partition coefficient (Wildman–Crippen LogP) is 7.00. The van der Waals surface area contributed by atoms with Crippen molar-refractivity contribution < 1.29 is 14.3 Å². The SMILES string of the molecule is Cc1cn(CCCN(Cc2ccccc2)C(=O)[C@H]2CN([C@@H]3c4ccc(Cl)cc4CCc4cccnc43)CCN2C(=O)OC2CCCCC2)cn1. The van der Waals surface area contributed by atoms with Gasteiger partial charge < -0.3 is 14.2 Å². The van der Waals surface area contributed by atoms with Gasteiger partial charge in [-0.2, -0.15) is 0 Å². The zero-order valence-corrected chi connectivity index (χ0v) is 29.7. The number of imidazole rings is 1. The minimum absolute atomic E-state index is 0.0628. The molecule has 4 aromatic rings. The summed E-state index contributed by atoms with van der Waals surface area (Å²) in [6.45, 7) is 5.07. The van der Waals surface area contributed by atoms with Crippen molar-refractivity contribution in [1.29, 1.82) is 0 Å². The van der Waals surface area contributed by atoms with Gasteiger partial charge in [-0.1, -0.05) is 60.5 Å². The van der Waals surface area contributed by atoms with E-state index in [9.17, 15) is 9.59 Å². The average molecular weight is 695 g/mol. The number of carbonyl (C=O) groups is 2. The number of fused-ring (bicyclic) bond motifs is 2. The summed E-state index contributed by atoms with van der Waals surface area (Å²) in [4.78, 5) is 44.3. The summed E-state index contributed by atoms with van der Waals surface area (Å²) in [5, 5.41) is 0.715. The molecule has 2 fully saturated rings. The molecule has 2 atom stereocenters. The maximum atomic E-state index is 15.0. The largest absolute Gasteiger partial charge is 0.446 e. The first-order valence-electron chi connectivity index (χ1n) is 18.2. The molecule has 262 valence electrons. The van der Waals surface area contributed by atoms with Crippen LogP contribution in [0.15, 0.2) is 79.4 Å². The van der Waals surface area contributed by atoms with Crippen LogP contribution in [0.2, 0.25) is 5.02 Å². The maximum Gasteiger partial charge on any atom is 0.410 e. The molecule has 10 heteroatoms. The van der Waals surface area contributed by atoms with Gasteiger partial charge in [-0.3, -0.25) is 19.6 Å². The second-order valence-electron chi connectivity index (χ2n) is 14.0. The van der Waals surface area contributed by atoms with Gasteiger partial charge in [0.25, 0.3) is 0 Å². The fourth-order valence-corrected chi connectivity index (χ4v) is 8.13. The third-order valence-electron chi connectivity index (χ3n) is 10.5. The van der Waals surface area contributed by atoms with Gasteiger partial charge in [-0.05, 0) is 92.3 Å². The number of amides is 2. The molecule has 2 aromatic carbocycles. The Balaban J connectivity index is 1.21. The number of hydrogen-bond donors (Lipinski definition) is 0. The standard InChI is InChI=1S/C40H47ClN6O3/c1-29-25-44(28-43-29)20-9-21-46(26-30-10-4-2-5-11-30)39(48)36-27-45(22-23-47(36)40(49)50-34-13-6-3-7-14-34)38-35-18-17-33(41)24-32(35)16-15-31-12-8-19-42-37(31)38/h2,4-5,8,10-12,17-19,24-25,28,34,36,38H,3,6-7,9,13-16,20-23,26-27H2,1H3/t36-,38-/m1/s1. The Kier molecular flexibility index (Phi) is 10.8. The normalized spacial score (nSPS) is 19.7. The smallest absolute Gasteiger partial charge is 0.410 e. The van der Waals surface area contributed by atoms with Crippen LogP contribution < -0.4 is 0 Å². The van der Waals surface area contributed by atoms with Gasteiger partial charge in [0.05, 0.1) is 23.8 Å². The fraction of sp³-hybridized carbons (Fsp3) is 0.450. The summed E-state index contributed by atoms with van der Waals surface area (Å²) >= 11 is 6.51. The van der Waals surface area contributed by atoms with E-state index in [-0.39, 0.29) is 24.1 Å². The Morgan fingerprint density at radius 2 is 1.78 bits per heavy atom. The lowest BCUT2D eigenvalue weighted by molar-refractivity contribution is -0.140. The zero-order valence-electron chi connectivity index (χ0n) is 28.9. The van der Waals surface area contributed by atoms with Crippen molar-refractivity contribution in [3.63, 3.8) is 0 Å². The van der Waals surface area contributed by atoms with Gasteiger partial charge in [-0.25, -0.2) is 9.78 Å². The number of halogens is 1. The molecule has 50 heavy (non-hydrogen) atoms. The van der Waals surface area contributed by atoms with E-state index in [1.54, 1.807) is 4.90 Å². The molecule has 2 amide bonds. The summed E-state index contributed by atoms with van der Waals surface area (Å²) in [5.41, 5.74) is 6.59. The van der Waals surface area contributed by atoms with Gasteiger partial charge >= 0.3 is 6.09 Å².